The van der Waals surface area contributed by atoms with Crippen LogP contribution in [0.2, 0.25) is 0 Å². The molecule has 1 heterocycles. The topological polar surface area (TPSA) is 72.6 Å². The number of aromatic nitrogens is 1. The minimum absolute atomic E-state index is 0.0316. The van der Waals surface area contributed by atoms with Crippen LogP contribution in [0.15, 0.2) is 72.9 Å². The molecule has 1 amide bonds. The predicted octanol–water partition coefficient (Wildman–Crippen LogP) is 5.03. The molecule has 170 valence electrons. The zero-order valence-electron chi connectivity index (χ0n) is 19.1. The molecule has 0 spiro atoms. The summed E-state index contributed by atoms with van der Waals surface area (Å²) in [6.07, 6.45) is 2.27. The predicted molar refractivity (Wildman–Crippen MR) is 129 cm³/mol. The Morgan fingerprint density at radius 1 is 0.879 bits per heavy atom. The molecular formula is C27H28N2O4. The molecule has 4 rings (SSSR count). The van der Waals surface area contributed by atoms with Crippen LogP contribution in [0.4, 0.5) is 0 Å². The van der Waals surface area contributed by atoms with Crippen LogP contribution in [-0.2, 0) is 11.3 Å². The van der Waals surface area contributed by atoms with E-state index in [1.807, 2.05) is 72.9 Å². The Morgan fingerprint density at radius 2 is 1.55 bits per heavy atom. The van der Waals surface area contributed by atoms with Crippen molar-refractivity contribution in [3.8, 4) is 17.2 Å². The number of nitrogens with one attached hydrogen (secondary N) is 2. The van der Waals surface area contributed by atoms with Crippen LogP contribution in [0.5, 0.6) is 17.2 Å². The molecule has 33 heavy (non-hydrogen) atoms. The maximum Gasteiger partial charge on any atom is 0.221 e. The number of H-pyrrole nitrogens is 1. The summed E-state index contributed by atoms with van der Waals surface area (Å²) in [7, 11) is 4.94. The van der Waals surface area contributed by atoms with Crippen molar-refractivity contribution in [1.82, 2.24) is 10.3 Å². The van der Waals surface area contributed by atoms with Crippen LogP contribution in [-0.4, -0.2) is 32.2 Å². The van der Waals surface area contributed by atoms with Crippen molar-refractivity contribution in [3.05, 3.63) is 89.6 Å². The number of rotatable bonds is 9. The van der Waals surface area contributed by atoms with Gasteiger partial charge in [-0.2, -0.15) is 0 Å². The van der Waals surface area contributed by atoms with E-state index in [0.29, 0.717) is 13.0 Å². The zero-order valence-corrected chi connectivity index (χ0v) is 19.1. The molecular weight excluding hydrogens is 416 g/mol. The monoisotopic (exact) mass is 444 g/mol. The van der Waals surface area contributed by atoms with E-state index < -0.39 is 0 Å². The van der Waals surface area contributed by atoms with E-state index in [2.05, 4.69) is 10.3 Å². The first-order chi connectivity index (χ1) is 16.1. The van der Waals surface area contributed by atoms with E-state index in [1.165, 1.54) is 0 Å². The third-order valence-corrected chi connectivity index (χ3v) is 5.85. The molecule has 0 aliphatic carbocycles. The van der Waals surface area contributed by atoms with E-state index >= 15 is 0 Å². The number of amides is 1. The van der Waals surface area contributed by atoms with Gasteiger partial charge in [0.2, 0.25) is 5.91 Å². The Bertz CT molecular complexity index is 1210. The molecule has 0 unspecified atom stereocenters. The van der Waals surface area contributed by atoms with Crippen LogP contribution in [0.1, 0.15) is 29.0 Å². The van der Waals surface area contributed by atoms with Crippen molar-refractivity contribution in [3.63, 3.8) is 0 Å². The van der Waals surface area contributed by atoms with Gasteiger partial charge in [-0.15, -0.1) is 0 Å². The number of carbonyl (C=O) groups is 1. The van der Waals surface area contributed by atoms with E-state index in [0.717, 1.165) is 44.8 Å². The van der Waals surface area contributed by atoms with Gasteiger partial charge in [0.15, 0.2) is 0 Å². The average molecular weight is 445 g/mol. The molecule has 0 bridgehead atoms. The van der Waals surface area contributed by atoms with Gasteiger partial charge in [-0.1, -0.05) is 30.3 Å². The fourth-order valence-corrected chi connectivity index (χ4v) is 4.07. The molecule has 0 fully saturated rings. The first-order valence-corrected chi connectivity index (χ1v) is 10.8. The highest BCUT2D eigenvalue weighted by Gasteiger charge is 2.23. The number of fused-ring (bicyclic) bond motifs is 1. The smallest absolute Gasteiger partial charge is 0.221 e. The fourth-order valence-electron chi connectivity index (χ4n) is 4.07. The number of ether oxygens (including phenoxy) is 3. The lowest BCUT2D eigenvalue weighted by atomic mass is 9.87. The molecule has 6 nitrogen and oxygen atoms in total. The number of carbonyl (C=O) groups excluding carboxylic acids is 1. The fraction of sp³-hybridized carbons (Fsp3) is 0.222. The van der Waals surface area contributed by atoms with Gasteiger partial charge in [-0.3, -0.25) is 4.79 Å². The van der Waals surface area contributed by atoms with Crippen LogP contribution < -0.4 is 19.5 Å². The summed E-state index contributed by atoms with van der Waals surface area (Å²) in [6, 6.07) is 21.4. The van der Waals surface area contributed by atoms with Gasteiger partial charge in [0.1, 0.15) is 17.2 Å². The van der Waals surface area contributed by atoms with Crippen LogP contribution in [0.25, 0.3) is 10.9 Å². The normalized spacial score (nSPS) is 11.7. The third kappa shape index (κ3) is 4.95. The van der Waals surface area contributed by atoms with Gasteiger partial charge in [-0.25, -0.2) is 0 Å². The van der Waals surface area contributed by atoms with E-state index in [-0.39, 0.29) is 11.8 Å². The summed E-state index contributed by atoms with van der Waals surface area (Å²) in [4.78, 5) is 16.4. The average Bonchev–Trinajstić information content (AvgIpc) is 3.30. The van der Waals surface area contributed by atoms with Gasteiger partial charge in [0.05, 0.1) is 21.3 Å². The van der Waals surface area contributed by atoms with Gasteiger partial charge in [-0.05, 0) is 53.1 Å². The highest BCUT2D eigenvalue weighted by molar-refractivity contribution is 5.91. The van der Waals surface area contributed by atoms with Gasteiger partial charge >= 0.3 is 0 Å². The maximum absolute atomic E-state index is 13.0. The van der Waals surface area contributed by atoms with E-state index in [4.69, 9.17) is 14.2 Å². The summed E-state index contributed by atoms with van der Waals surface area (Å²) in [5.74, 6) is 2.16. The molecule has 1 aromatic heterocycles. The minimum Gasteiger partial charge on any atom is -0.497 e. The lowest BCUT2D eigenvalue weighted by molar-refractivity contribution is -0.121. The second-order valence-electron chi connectivity index (χ2n) is 7.78. The number of hydrogen-bond acceptors (Lipinski definition) is 4. The SMILES string of the molecule is COc1ccc(CNC(=O)C[C@H](c2ccc(OC)cc2)c2c[nH]c3cccc(OC)c23)cc1. The first kappa shape index (κ1) is 22.3. The lowest BCUT2D eigenvalue weighted by Gasteiger charge is -2.18. The Balaban J connectivity index is 1.61. The summed E-state index contributed by atoms with van der Waals surface area (Å²) in [5, 5.41) is 4.04. The highest BCUT2D eigenvalue weighted by Crippen LogP contribution is 2.38. The second kappa shape index (κ2) is 10.1. The molecule has 4 aromatic rings. The van der Waals surface area contributed by atoms with Crippen molar-refractivity contribution in [1.29, 1.82) is 0 Å². The summed E-state index contributed by atoms with van der Waals surface area (Å²) >= 11 is 0. The number of methoxy groups -OCH3 is 3. The summed E-state index contributed by atoms with van der Waals surface area (Å²) < 4.78 is 16.1. The lowest BCUT2D eigenvalue weighted by Crippen LogP contribution is -2.25. The zero-order chi connectivity index (χ0) is 23.2. The molecule has 3 aromatic carbocycles. The first-order valence-electron chi connectivity index (χ1n) is 10.8. The quantitative estimate of drug-likeness (QED) is 0.380. The molecule has 6 heteroatoms. The minimum atomic E-state index is -0.156. The van der Waals surface area contributed by atoms with Crippen molar-refractivity contribution in [2.45, 2.75) is 18.9 Å². The molecule has 1 atom stereocenters. The molecule has 0 saturated carbocycles. The molecule has 0 radical (unpaired) electrons. The van der Waals surface area contributed by atoms with Crippen molar-refractivity contribution >= 4 is 16.8 Å². The highest BCUT2D eigenvalue weighted by atomic mass is 16.5. The number of benzene rings is 3. The number of hydrogen-bond donors (Lipinski definition) is 2. The van der Waals surface area contributed by atoms with E-state index in [9.17, 15) is 4.79 Å². The third-order valence-electron chi connectivity index (χ3n) is 5.85. The number of aromatic amines is 1. The van der Waals surface area contributed by atoms with Crippen molar-refractivity contribution < 1.29 is 19.0 Å². The van der Waals surface area contributed by atoms with Gasteiger partial charge in [0.25, 0.3) is 0 Å². The van der Waals surface area contributed by atoms with E-state index in [1.54, 1.807) is 21.3 Å². The summed E-state index contributed by atoms with van der Waals surface area (Å²) in [6.45, 7) is 0.454. The molecule has 2 N–H and O–H groups in total. The Kier molecular flexibility index (Phi) is 6.83. The standard InChI is InChI=1S/C27H28N2O4/c1-31-20-11-7-18(8-12-20)16-29-26(30)15-22(19-9-13-21(32-2)14-10-19)23-17-28-24-5-4-6-25(33-3)27(23)24/h4-14,17,22,28H,15-16H2,1-3H3,(H,29,30)/t22-/m1/s1. The van der Waals surface area contributed by atoms with Crippen molar-refractivity contribution in [2.75, 3.05) is 21.3 Å². The van der Waals surface area contributed by atoms with Crippen LogP contribution in [0.3, 0.4) is 0 Å². The second-order valence-corrected chi connectivity index (χ2v) is 7.78. The Hall–Kier alpha value is -3.93. The van der Waals surface area contributed by atoms with Crippen LogP contribution >= 0.6 is 0 Å². The van der Waals surface area contributed by atoms with Gasteiger partial charge < -0.3 is 24.5 Å². The summed E-state index contributed by atoms with van der Waals surface area (Å²) in [5.41, 5.74) is 4.04. The Morgan fingerprint density at radius 3 is 2.18 bits per heavy atom. The van der Waals surface area contributed by atoms with Crippen LogP contribution in [0, 0.1) is 0 Å². The molecule has 0 aliphatic heterocycles. The maximum atomic E-state index is 13.0. The Labute approximate surface area is 193 Å². The van der Waals surface area contributed by atoms with Gasteiger partial charge in [0, 0.05) is 36.0 Å². The van der Waals surface area contributed by atoms with Crippen molar-refractivity contribution in [2.24, 2.45) is 0 Å². The molecule has 0 aliphatic rings. The largest absolute Gasteiger partial charge is 0.497 e. The molecule has 0 saturated heterocycles.